The molecule has 2 aromatic heterocycles. The van der Waals surface area contributed by atoms with Crippen molar-refractivity contribution in [2.24, 2.45) is 7.05 Å². The summed E-state index contributed by atoms with van der Waals surface area (Å²) in [7, 11) is 1.70. The number of rotatable bonds is 4. The monoisotopic (exact) mass is 388 g/mol. The lowest BCUT2D eigenvalue weighted by atomic mass is 9.97. The minimum atomic E-state index is -0.370. The fraction of sp³-hybridized carbons (Fsp3) is 0.316. The van der Waals surface area contributed by atoms with Crippen LogP contribution in [0.1, 0.15) is 33.6 Å². The molecule has 1 aliphatic carbocycles. The number of benzene rings is 1. The Morgan fingerprint density at radius 2 is 2.00 bits per heavy atom. The number of thioether (sulfide) groups is 1. The number of aromatic nitrogens is 2. The number of hydrogen-bond donors (Lipinski definition) is 0. The first-order valence-corrected chi connectivity index (χ1v) is 10.3. The topological polar surface area (TPSA) is 52.0 Å². The first-order valence-electron chi connectivity index (χ1n) is 8.47. The van der Waals surface area contributed by atoms with Gasteiger partial charge in [0, 0.05) is 17.5 Å². The fourth-order valence-corrected chi connectivity index (χ4v) is 5.41. The quantitative estimate of drug-likeness (QED) is 0.385. The van der Waals surface area contributed by atoms with E-state index in [0.717, 1.165) is 35.9 Å². The van der Waals surface area contributed by atoms with Gasteiger partial charge in [0.1, 0.15) is 10.6 Å². The van der Waals surface area contributed by atoms with Crippen LogP contribution in [0.3, 0.4) is 0 Å². The van der Waals surface area contributed by atoms with Crippen LogP contribution in [0.25, 0.3) is 10.2 Å². The third-order valence-electron chi connectivity index (χ3n) is 4.65. The highest BCUT2D eigenvalue weighted by molar-refractivity contribution is 7.99. The lowest BCUT2D eigenvalue weighted by Gasteiger charge is -2.10. The van der Waals surface area contributed by atoms with E-state index in [1.165, 1.54) is 51.0 Å². The molecule has 134 valence electrons. The Bertz CT molecular complexity index is 1050. The summed E-state index contributed by atoms with van der Waals surface area (Å²) in [4.78, 5) is 31.8. The number of hydrogen-bond acceptors (Lipinski definition) is 5. The maximum atomic E-state index is 13.0. The minimum Gasteiger partial charge on any atom is -0.293 e. The van der Waals surface area contributed by atoms with E-state index < -0.39 is 0 Å². The molecule has 0 aliphatic heterocycles. The molecule has 0 N–H and O–H groups in total. The molecule has 3 aromatic rings. The Labute approximate surface area is 158 Å². The molecule has 0 saturated carbocycles. The molecule has 0 unspecified atom stereocenters. The van der Waals surface area contributed by atoms with Crippen molar-refractivity contribution in [1.82, 2.24) is 9.55 Å². The van der Waals surface area contributed by atoms with E-state index in [9.17, 15) is 14.0 Å². The summed E-state index contributed by atoms with van der Waals surface area (Å²) >= 11 is 2.85. The van der Waals surface area contributed by atoms with E-state index in [-0.39, 0.29) is 22.9 Å². The first kappa shape index (κ1) is 17.4. The number of ketones is 1. The summed E-state index contributed by atoms with van der Waals surface area (Å²) in [6.45, 7) is 0. The zero-order chi connectivity index (χ0) is 18.3. The van der Waals surface area contributed by atoms with Gasteiger partial charge < -0.3 is 0 Å². The van der Waals surface area contributed by atoms with Crippen LogP contribution in [0.4, 0.5) is 4.39 Å². The normalized spacial score (nSPS) is 13.8. The van der Waals surface area contributed by atoms with Crippen molar-refractivity contribution in [3.63, 3.8) is 0 Å². The minimum absolute atomic E-state index is 0.0360. The van der Waals surface area contributed by atoms with Gasteiger partial charge in [0.05, 0.1) is 11.1 Å². The molecule has 0 bridgehead atoms. The number of carbonyl (C=O) groups excluding carboxylic acids is 1. The molecule has 4 nitrogen and oxygen atoms in total. The maximum absolute atomic E-state index is 13.0. The predicted molar refractivity (Wildman–Crippen MR) is 103 cm³/mol. The lowest BCUT2D eigenvalue weighted by molar-refractivity contribution is 0.102. The summed E-state index contributed by atoms with van der Waals surface area (Å²) in [6.07, 6.45) is 4.24. The molecular formula is C19H17FN2O2S2. The fourth-order valence-electron chi connectivity index (χ4n) is 3.25. The van der Waals surface area contributed by atoms with Crippen molar-refractivity contribution in [1.29, 1.82) is 0 Å². The second-order valence-electron chi connectivity index (χ2n) is 6.37. The van der Waals surface area contributed by atoms with Gasteiger partial charge in [0.25, 0.3) is 5.56 Å². The number of thiophene rings is 1. The average Bonchev–Trinajstić information content (AvgIpc) is 3.02. The predicted octanol–water partition coefficient (Wildman–Crippen LogP) is 3.99. The molecular weight excluding hydrogens is 371 g/mol. The van der Waals surface area contributed by atoms with Crippen molar-refractivity contribution in [3.8, 4) is 0 Å². The summed E-state index contributed by atoms with van der Waals surface area (Å²) in [5, 5.41) is 1.29. The van der Waals surface area contributed by atoms with Crippen molar-refractivity contribution in [2.45, 2.75) is 30.8 Å². The summed E-state index contributed by atoms with van der Waals surface area (Å²) in [6, 6.07) is 5.49. The van der Waals surface area contributed by atoms with Crippen LogP contribution in [0.5, 0.6) is 0 Å². The van der Waals surface area contributed by atoms with Crippen LogP contribution >= 0.6 is 23.1 Å². The third kappa shape index (κ3) is 3.10. The summed E-state index contributed by atoms with van der Waals surface area (Å²) < 4.78 is 14.5. The number of aryl methyl sites for hydroxylation is 2. The van der Waals surface area contributed by atoms with Crippen molar-refractivity contribution >= 4 is 39.1 Å². The molecule has 0 saturated heterocycles. The van der Waals surface area contributed by atoms with E-state index in [1.807, 2.05) is 0 Å². The second kappa shape index (κ2) is 6.96. The maximum Gasteiger partial charge on any atom is 0.262 e. The number of carbonyl (C=O) groups is 1. The molecule has 4 rings (SSSR count). The van der Waals surface area contributed by atoms with Crippen LogP contribution in [0.15, 0.2) is 34.2 Å². The van der Waals surface area contributed by atoms with Gasteiger partial charge in [-0.3, -0.25) is 14.2 Å². The molecule has 1 aliphatic rings. The first-order chi connectivity index (χ1) is 12.5. The lowest BCUT2D eigenvalue weighted by Crippen LogP contribution is -2.21. The molecule has 7 heteroatoms. The Morgan fingerprint density at radius 3 is 2.77 bits per heavy atom. The van der Waals surface area contributed by atoms with Gasteiger partial charge in [-0.15, -0.1) is 11.3 Å². The van der Waals surface area contributed by atoms with Crippen LogP contribution < -0.4 is 5.56 Å². The van der Waals surface area contributed by atoms with Gasteiger partial charge in [-0.25, -0.2) is 9.37 Å². The Hall–Kier alpha value is -1.99. The molecule has 0 spiro atoms. The number of Topliss-reactive ketones (excluding diaryl/α,β-unsaturated/α-hetero) is 1. The molecule has 0 fully saturated rings. The van der Waals surface area contributed by atoms with E-state index in [2.05, 4.69) is 4.98 Å². The number of halogens is 1. The number of fused-ring (bicyclic) bond motifs is 3. The molecule has 26 heavy (non-hydrogen) atoms. The smallest absolute Gasteiger partial charge is 0.262 e. The zero-order valence-electron chi connectivity index (χ0n) is 14.3. The van der Waals surface area contributed by atoms with Crippen molar-refractivity contribution in [3.05, 3.63) is 56.4 Å². The highest BCUT2D eigenvalue weighted by Gasteiger charge is 2.21. The molecule has 0 amide bonds. The second-order valence-corrected chi connectivity index (χ2v) is 8.39. The zero-order valence-corrected chi connectivity index (χ0v) is 15.9. The van der Waals surface area contributed by atoms with Gasteiger partial charge in [0.15, 0.2) is 10.9 Å². The van der Waals surface area contributed by atoms with E-state index in [4.69, 9.17) is 0 Å². The number of nitrogens with zero attached hydrogens (tertiary/aromatic N) is 2. The Morgan fingerprint density at radius 1 is 1.27 bits per heavy atom. The van der Waals surface area contributed by atoms with E-state index >= 15 is 0 Å². The molecule has 2 heterocycles. The third-order valence-corrected chi connectivity index (χ3v) is 6.87. The van der Waals surface area contributed by atoms with Crippen molar-refractivity contribution in [2.75, 3.05) is 5.75 Å². The van der Waals surface area contributed by atoms with Crippen LogP contribution in [-0.4, -0.2) is 21.1 Å². The standard InChI is InChI=1S/C19H17FN2O2S2/c1-22-18(24)16-13-4-2-3-5-15(13)26-17(16)21-19(22)25-10-14(23)11-6-8-12(20)9-7-11/h6-9H,2-5,10H2,1H3. The van der Waals surface area contributed by atoms with Gasteiger partial charge in [0.2, 0.25) is 0 Å². The highest BCUT2D eigenvalue weighted by atomic mass is 32.2. The van der Waals surface area contributed by atoms with Crippen LogP contribution in [0, 0.1) is 5.82 Å². The average molecular weight is 388 g/mol. The Balaban J connectivity index is 1.62. The SMILES string of the molecule is Cn1c(SCC(=O)c2ccc(F)cc2)nc2sc3c(c2c1=O)CCCC3. The van der Waals surface area contributed by atoms with Crippen LogP contribution in [-0.2, 0) is 19.9 Å². The Kier molecular flexibility index (Phi) is 4.67. The van der Waals surface area contributed by atoms with Gasteiger partial charge >= 0.3 is 0 Å². The van der Waals surface area contributed by atoms with Gasteiger partial charge in [-0.2, -0.15) is 0 Å². The molecule has 0 atom stereocenters. The molecule has 0 radical (unpaired) electrons. The summed E-state index contributed by atoms with van der Waals surface area (Å²) in [5.74, 6) is -0.331. The summed E-state index contributed by atoms with van der Waals surface area (Å²) in [5.41, 5.74) is 1.59. The molecule has 1 aromatic carbocycles. The van der Waals surface area contributed by atoms with Gasteiger partial charge in [-0.05, 0) is 55.5 Å². The van der Waals surface area contributed by atoms with E-state index in [0.29, 0.717) is 10.7 Å². The van der Waals surface area contributed by atoms with Gasteiger partial charge in [-0.1, -0.05) is 11.8 Å². The highest BCUT2D eigenvalue weighted by Crippen LogP contribution is 2.34. The largest absolute Gasteiger partial charge is 0.293 e. The van der Waals surface area contributed by atoms with Crippen molar-refractivity contribution < 1.29 is 9.18 Å². The van der Waals surface area contributed by atoms with E-state index in [1.54, 1.807) is 18.4 Å². The van der Waals surface area contributed by atoms with Crippen LogP contribution in [0.2, 0.25) is 0 Å².